The van der Waals surface area contributed by atoms with E-state index in [0.29, 0.717) is 78.2 Å². The summed E-state index contributed by atoms with van der Waals surface area (Å²) < 4.78 is 38.8. The molecule has 4 aromatic heterocycles. The summed E-state index contributed by atoms with van der Waals surface area (Å²) in [6, 6.07) is 22.5. The molecule has 0 bridgehead atoms. The number of carboxylic acids is 1. The highest BCUT2D eigenvalue weighted by molar-refractivity contribution is 7.13. The van der Waals surface area contributed by atoms with Crippen molar-refractivity contribution in [3.63, 3.8) is 0 Å². The number of likely N-dealkylation sites (N-methyl/N-ethyl adjacent to an activating group) is 1. The number of nitrogens with zero attached hydrogens (tertiary/aromatic N) is 7. The molecule has 1 fully saturated rings. The van der Waals surface area contributed by atoms with Crippen LogP contribution in [0.1, 0.15) is 16.8 Å². The van der Waals surface area contributed by atoms with Crippen molar-refractivity contribution in [1.82, 2.24) is 34.1 Å². The zero-order valence-electron chi connectivity index (χ0n) is 32.9. The number of carbonyl (C=O) groups is 1. The van der Waals surface area contributed by atoms with Crippen LogP contribution in [-0.4, -0.2) is 97.7 Å². The molecule has 5 heterocycles. The third kappa shape index (κ3) is 9.21. The van der Waals surface area contributed by atoms with Gasteiger partial charge in [0.1, 0.15) is 30.5 Å². The van der Waals surface area contributed by atoms with Crippen LogP contribution in [-0.2, 0) is 17.8 Å². The lowest BCUT2D eigenvalue weighted by Gasteiger charge is -2.32. The number of ether oxygens (including phenoxy) is 3. The van der Waals surface area contributed by atoms with Gasteiger partial charge >= 0.3 is 5.97 Å². The minimum absolute atomic E-state index is 0.0429. The maximum Gasteiger partial charge on any atom is 0.345 e. The second-order valence-corrected chi connectivity index (χ2v) is 15.6. The molecule has 12 nitrogen and oxygen atoms in total. The molecule has 0 spiro atoms. The molecule has 306 valence electrons. The van der Waals surface area contributed by atoms with E-state index in [1.807, 2.05) is 43.3 Å². The summed E-state index contributed by atoms with van der Waals surface area (Å²) in [7, 11) is 2.12. The van der Waals surface area contributed by atoms with Crippen molar-refractivity contribution in [2.75, 3.05) is 46.4 Å². The molecule has 8 rings (SSSR count). The van der Waals surface area contributed by atoms with Crippen LogP contribution in [0.2, 0.25) is 5.02 Å². The molecule has 0 aliphatic carbocycles. The van der Waals surface area contributed by atoms with Crippen molar-refractivity contribution < 1.29 is 28.5 Å². The van der Waals surface area contributed by atoms with Gasteiger partial charge in [-0.15, -0.1) is 0 Å². The Kier molecular flexibility index (Phi) is 12.5. The number of pyridine rings is 2. The first-order valence-electron chi connectivity index (χ1n) is 19.4. The van der Waals surface area contributed by atoms with Gasteiger partial charge in [0.2, 0.25) is 12.0 Å². The molecular weight excluding hydrogens is 805 g/mol. The number of rotatable bonds is 15. The molecule has 0 saturated carbocycles. The van der Waals surface area contributed by atoms with Crippen LogP contribution in [0.3, 0.4) is 0 Å². The SMILES string of the molecule is Cc1c(-c2c(-c3cccc(F)c3)ncc3snc(O[C@H](Cc4ccccc4OCc4ccnc(-c5ccncc5)n4)C(=O)O)c23)ccc(OCCN2CCN(C)CC2)c1Cl. The van der Waals surface area contributed by atoms with Crippen molar-refractivity contribution in [3.8, 4) is 51.2 Å². The number of halogens is 2. The minimum Gasteiger partial charge on any atom is -0.491 e. The second-order valence-electron chi connectivity index (χ2n) is 14.4. The van der Waals surface area contributed by atoms with Gasteiger partial charge < -0.3 is 24.2 Å². The van der Waals surface area contributed by atoms with E-state index < -0.39 is 17.9 Å². The Morgan fingerprint density at radius 1 is 0.933 bits per heavy atom. The number of para-hydroxylation sites is 1. The molecule has 0 radical (unpaired) electrons. The van der Waals surface area contributed by atoms with Crippen LogP contribution in [0.5, 0.6) is 17.4 Å². The van der Waals surface area contributed by atoms with Gasteiger partial charge in [-0.25, -0.2) is 19.2 Å². The Morgan fingerprint density at radius 2 is 1.75 bits per heavy atom. The van der Waals surface area contributed by atoms with Crippen LogP contribution in [0.25, 0.3) is 43.9 Å². The van der Waals surface area contributed by atoms with Crippen LogP contribution < -0.4 is 14.2 Å². The van der Waals surface area contributed by atoms with E-state index in [-0.39, 0.29) is 18.9 Å². The van der Waals surface area contributed by atoms with Crippen molar-refractivity contribution in [2.24, 2.45) is 0 Å². The van der Waals surface area contributed by atoms with E-state index in [9.17, 15) is 14.3 Å². The topological polar surface area (TPSA) is 136 Å². The lowest BCUT2D eigenvalue weighted by molar-refractivity contribution is -0.145. The number of aliphatic carboxylic acids is 1. The average Bonchev–Trinajstić information content (AvgIpc) is 3.68. The van der Waals surface area contributed by atoms with Crippen LogP contribution in [0.4, 0.5) is 4.39 Å². The van der Waals surface area contributed by atoms with Gasteiger partial charge in [0, 0.05) is 80.6 Å². The smallest absolute Gasteiger partial charge is 0.345 e. The number of fused-ring (bicyclic) bond motifs is 1. The van der Waals surface area contributed by atoms with Gasteiger partial charge in [0.15, 0.2) is 5.82 Å². The number of benzene rings is 3. The van der Waals surface area contributed by atoms with Gasteiger partial charge in [-0.3, -0.25) is 14.9 Å². The zero-order valence-corrected chi connectivity index (χ0v) is 34.5. The fourth-order valence-corrected chi connectivity index (χ4v) is 8.02. The van der Waals surface area contributed by atoms with Crippen LogP contribution >= 0.6 is 23.1 Å². The Balaban J connectivity index is 1.09. The largest absolute Gasteiger partial charge is 0.491 e. The first-order valence-corrected chi connectivity index (χ1v) is 20.6. The molecule has 1 aliphatic heterocycles. The summed E-state index contributed by atoms with van der Waals surface area (Å²) in [6.45, 7) is 7.24. The maximum absolute atomic E-state index is 14.7. The normalized spacial score (nSPS) is 13.9. The van der Waals surface area contributed by atoms with Crippen LogP contribution in [0, 0.1) is 12.7 Å². The first-order chi connectivity index (χ1) is 29.2. The number of aromatic nitrogens is 5. The summed E-state index contributed by atoms with van der Waals surface area (Å²) in [5.41, 5.74) is 5.02. The first kappa shape index (κ1) is 40.7. The van der Waals surface area contributed by atoms with Gasteiger partial charge in [-0.2, -0.15) is 4.37 Å². The summed E-state index contributed by atoms with van der Waals surface area (Å²) in [5, 5.41) is 11.5. The quantitative estimate of drug-likeness (QED) is 0.106. The Morgan fingerprint density at radius 3 is 2.55 bits per heavy atom. The highest BCUT2D eigenvalue weighted by atomic mass is 35.5. The van der Waals surface area contributed by atoms with Gasteiger partial charge in [-0.05, 0) is 84.7 Å². The van der Waals surface area contributed by atoms with Crippen molar-refractivity contribution in [3.05, 3.63) is 131 Å². The van der Waals surface area contributed by atoms with Crippen molar-refractivity contribution in [1.29, 1.82) is 0 Å². The van der Waals surface area contributed by atoms with E-state index in [4.69, 9.17) is 30.8 Å². The molecule has 15 heteroatoms. The lowest BCUT2D eigenvalue weighted by atomic mass is 9.93. The Hall–Kier alpha value is -6.06. The van der Waals surface area contributed by atoms with Crippen LogP contribution in [0.15, 0.2) is 104 Å². The predicted octanol–water partition coefficient (Wildman–Crippen LogP) is 8.26. The van der Waals surface area contributed by atoms with E-state index in [1.165, 1.54) is 12.1 Å². The fraction of sp³-hybridized carbons (Fsp3) is 0.244. The zero-order chi connectivity index (χ0) is 41.6. The highest BCUT2D eigenvalue weighted by Crippen LogP contribution is 2.46. The third-order valence-electron chi connectivity index (χ3n) is 10.4. The van der Waals surface area contributed by atoms with E-state index in [0.717, 1.165) is 49.8 Å². The summed E-state index contributed by atoms with van der Waals surface area (Å²) in [6.07, 6.45) is 5.25. The van der Waals surface area contributed by atoms with Crippen molar-refractivity contribution in [2.45, 2.75) is 26.1 Å². The standard InChI is InChI=1S/C45H41ClFN7O5S/c1-28-34(10-11-36(41(28)46)57-23-22-54-20-18-53(2)19-21-54)39-40-38(26-50-42(39)31-7-5-8-32(47)24-31)60-52-44(40)59-37(45(55)56)25-30-6-3-4-9-35(30)58-27-33-14-17-49-43(51-33)29-12-15-48-16-13-29/h3-17,24,26,37H,18-23,25,27H2,1-2H3,(H,55,56)/t37-/m1/s1. The van der Waals surface area contributed by atoms with E-state index in [1.54, 1.807) is 55.1 Å². The molecule has 60 heavy (non-hydrogen) atoms. The number of hydrogen-bond acceptors (Lipinski definition) is 12. The number of carboxylic acid groups (broad SMARTS) is 1. The van der Waals surface area contributed by atoms with Crippen molar-refractivity contribution >= 4 is 39.2 Å². The van der Waals surface area contributed by atoms with Gasteiger partial charge in [-0.1, -0.05) is 48.0 Å². The predicted molar refractivity (Wildman–Crippen MR) is 229 cm³/mol. The Labute approximate surface area is 355 Å². The highest BCUT2D eigenvalue weighted by Gasteiger charge is 2.28. The minimum atomic E-state index is -1.36. The summed E-state index contributed by atoms with van der Waals surface area (Å²) in [5.74, 6) is 0.0367. The average molecular weight is 846 g/mol. The summed E-state index contributed by atoms with van der Waals surface area (Å²) >= 11 is 8.17. The molecular formula is C45H41ClFN7O5S. The molecule has 1 aliphatic rings. The summed E-state index contributed by atoms with van der Waals surface area (Å²) in [4.78, 5) is 35.5. The molecule has 7 aromatic rings. The third-order valence-corrected chi connectivity index (χ3v) is 11.6. The number of hydrogen-bond donors (Lipinski definition) is 1. The molecule has 0 amide bonds. The molecule has 3 aromatic carbocycles. The molecule has 1 saturated heterocycles. The van der Waals surface area contributed by atoms with E-state index >= 15 is 0 Å². The lowest BCUT2D eigenvalue weighted by Crippen LogP contribution is -2.45. The van der Waals surface area contributed by atoms with E-state index in [2.05, 4.69) is 36.2 Å². The molecule has 1 N–H and O–H groups in total. The molecule has 0 unspecified atom stereocenters. The fourth-order valence-electron chi connectivity index (χ4n) is 7.10. The monoisotopic (exact) mass is 845 g/mol. The molecule has 1 atom stereocenters. The number of piperazine rings is 1. The van der Waals surface area contributed by atoms with Gasteiger partial charge in [0.05, 0.1) is 26.5 Å². The Bertz CT molecular complexity index is 2630. The second kappa shape index (κ2) is 18.5. The maximum atomic E-state index is 14.7. The van der Waals surface area contributed by atoms with Gasteiger partial charge in [0.25, 0.3) is 0 Å².